The highest BCUT2D eigenvalue weighted by Crippen LogP contribution is 2.14. The van der Waals surface area contributed by atoms with Gasteiger partial charge < -0.3 is 0 Å². The maximum Gasteiger partial charge on any atom is 0.173 e. The lowest BCUT2D eigenvalue weighted by atomic mass is 10.3. The third-order valence-electron chi connectivity index (χ3n) is 1.71. The van der Waals surface area contributed by atoms with Crippen molar-refractivity contribution >= 4 is 12.0 Å². The van der Waals surface area contributed by atoms with Gasteiger partial charge in [0.15, 0.2) is 5.82 Å². The molecule has 0 amide bonds. The predicted octanol–water partition coefficient (Wildman–Crippen LogP) is 2.12. The van der Waals surface area contributed by atoms with Gasteiger partial charge in [-0.3, -0.25) is 4.98 Å². The monoisotopic (exact) mass is 163 g/mol. The second kappa shape index (κ2) is 3.43. The van der Waals surface area contributed by atoms with E-state index in [0.717, 1.165) is 22.9 Å². The summed E-state index contributed by atoms with van der Waals surface area (Å²) in [7, 11) is 0. The average molecular weight is 163 g/mol. The van der Waals surface area contributed by atoms with Crippen molar-refractivity contribution in [3.63, 3.8) is 0 Å². The number of aromatic nitrogens is 2. The summed E-state index contributed by atoms with van der Waals surface area (Å²) in [5.74, 6) is 0.723. The molecule has 0 N–H and O–H groups in total. The molecular weight excluding hydrogens is 150 g/mol. The molecule has 0 fully saturated rings. The number of aliphatic imine (C=N–C) groups is 1. The van der Waals surface area contributed by atoms with Crippen LogP contribution in [0.3, 0.4) is 0 Å². The van der Waals surface area contributed by atoms with Gasteiger partial charge >= 0.3 is 0 Å². The zero-order valence-corrected chi connectivity index (χ0v) is 7.92. The SMILES string of the molecule is CC=Nc1nc(C)c(C)nc1C. The van der Waals surface area contributed by atoms with Gasteiger partial charge in [0, 0.05) is 6.21 Å². The maximum absolute atomic E-state index is 4.32. The van der Waals surface area contributed by atoms with Crippen LogP contribution in [0.2, 0.25) is 0 Å². The second-order valence-corrected chi connectivity index (χ2v) is 2.69. The smallest absolute Gasteiger partial charge is 0.173 e. The summed E-state index contributed by atoms with van der Waals surface area (Å²) in [4.78, 5) is 12.7. The minimum absolute atomic E-state index is 0.723. The van der Waals surface area contributed by atoms with Crippen molar-refractivity contribution in [2.45, 2.75) is 27.7 Å². The molecule has 0 saturated carbocycles. The Bertz CT molecular complexity index is 316. The summed E-state index contributed by atoms with van der Waals surface area (Å²) in [5.41, 5.74) is 2.81. The van der Waals surface area contributed by atoms with Crippen molar-refractivity contribution in [3.05, 3.63) is 17.1 Å². The quantitative estimate of drug-likeness (QED) is 0.595. The summed E-state index contributed by atoms with van der Waals surface area (Å²) in [6.45, 7) is 7.68. The molecule has 1 aromatic heterocycles. The van der Waals surface area contributed by atoms with E-state index in [4.69, 9.17) is 0 Å². The zero-order valence-electron chi connectivity index (χ0n) is 7.92. The van der Waals surface area contributed by atoms with Crippen LogP contribution in [0, 0.1) is 20.8 Å². The van der Waals surface area contributed by atoms with Gasteiger partial charge in [-0.2, -0.15) is 0 Å². The van der Waals surface area contributed by atoms with Crippen LogP contribution in [0.25, 0.3) is 0 Å². The van der Waals surface area contributed by atoms with Gasteiger partial charge in [0.2, 0.25) is 0 Å². The fraction of sp³-hybridized carbons (Fsp3) is 0.444. The van der Waals surface area contributed by atoms with E-state index in [0.29, 0.717) is 0 Å². The highest BCUT2D eigenvalue weighted by atomic mass is 15.0. The Morgan fingerprint density at radius 2 is 1.58 bits per heavy atom. The first kappa shape index (κ1) is 8.84. The minimum Gasteiger partial charge on any atom is -0.253 e. The van der Waals surface area contributed by atoms with Gasteiger partial charge in [-0.05, 0) is 27.7 Å². The number of rotatable bonds is 1. The molecule has 0 saturated heterocycles. The van der Waals surface area contributed by atoms with Gasteiger partial charge in [-0.25, -0.2) is 9.98 Å². The molecule has 0 aliphatic heterocycles. The van der Waals surface area contributed by atoms with Crippen LogP contribution in [0.1, 0.15) is 24.0 Å². The van der Waals surface area contributed by atoms with Gasteiger partial charge in [-0.15, -0.1) is 0 Å². The summed E-state index contributed by atoms with van der Waals surface area (Å²) >= 11 is 0. The van der Waals surface area contributed by atoms with E-state index in [1.54, 1.807) is 6.21 Å². The van der Waals surface area contributed by atoms with Crippen LogP contribution < -0.4 is 0 Å². The van der Waals surface area contributed by atoms with Gasteiger partial charge in [0.05, 0.1) is 17.1 Å². The molecule has 12 heavy (non-hydrogen) atoms. The van der Waals surface area contributed by atoms with Crippen LogP contribution in [-0.2, 0) is 0 Å². The van der Waals surface area contributed by atoms with E-state index in [1.807, 2.05) is 27.7 Å². The Morgan fingerprint density at radius 3 is 2.17 bits per heavy atom. The molecule has 0 aliphatic rings. The molecule has 0 atom stereocenters. The van der Waals surface area contributed by atoms with E-state index < -0.39 is 0 Å². The number of aryl methyl sites for hydroxylation is 3. The summed E-state index contributed by atoms with van der Waals surface area (Å²) in [5, 5.41) is 0. The highest BCUT2D eigenvalue weighted by Gasteiger charge is 2.01. The van der Waals surface area contributed by atoms with E-state index in [2.05, 4.69) is 15.0 Å². The van der Waals surface area contributed by atoms with Crippen LogP contribution in [0.15, 0.2) is 4.99 Å². The molecule has 1 rings (SSSR count). The molecule has 1 aromatic rings. The lowest BCUT2D eigenvalue weighted by Gasteiger charge is -2.02. The van der Waals surface area contributed by atoms with Gasteiger partial charge in [0.1, 0.15) is 0 Å². The summed E-state index contributed by atoms with van der Waals surface area (Å²) in [6.07, 6.45) is 1.73. The third kappa shape index (κ3) is 1.67. The van der Waals surface area contributed by atoms with Crippen molar-refractivity contribution < 1.29 is 0 Å². The predicted molar refractivity (Wildman–Crippen MR) is 50.1 cm³/mol. The fourth-order valence-electron chi connectivity index (χ4n) is 0.948. The van der Waals surface area contributed by atoms with Crippen molar-refractivity contribution in [2.75, 3.05) is 0 Å². The summed E-state index contributed by atoms with van der Waals surface area (Å²) in [6, 6.07) is 0. The number of hydrogen-bond acceptors (Lipinski definition) is 3. The van der Waals surface area contributed by atoms with Crippen molar-refractivity contribution in [3.8, 4) is 0 Å². The molecule has 0 aliphatic carbocycles. The molecular formula is C9H13N3. The van der Waals surface area contributed by atoms with Crippen molar-refractivity contribution in [1.29, 1.82) is 0 Å². The molecule has 0 unspecified atom stereocenters. The molecule has 3 heteroatoms. The van der Waals surface area contributed by atoms with Gasteiger partial charge in [-0.1, -0.05) is 0 Å². The maximum atomic E-state index is 4.32. The topological polar surface area (TPSA) is 38.1 Å². The number of hydrogen-bond donors (Lipinski definition) is 0. The van der Waals surface area contributed by atoms with Crippen molar-refractivity contribution in [1.82, 2.24) is 9.97 Å². The van der Waals surface area contributed by atoms with E-state index in [-0.39, 0.29) is 0 Å². The lowest BCUT2D eigenvalue weighted by molar-refractivity contribution is 0.998. The molecule has 0 aromatic carbocycles. The molecule has 0 spiro atoms. The fourth-order valence-corrected chi connectivity index (χ4v) is 0.948. The highest BCUT2D eigenvalue weighted by molar-refractivity contribution is 5.59. The minimum atomic E-state index is 0.723. The lowest BCUT2D eigenvalue weighted by Crippen LogP contribution is -1.94. The molecule has 1 heterocycles. The van der Waals surface area contributed by atoms with Crippen molar-refractivity contribution in [2.24, 2.45) is 4.99 Å². The summed E-state index contributed by atoms with van der Waals surface area (Å²) < 4.78 is 0. The Labute approximate surface area is 72.6 Å². The van der Waals surface area contributed by atoms with E-state index in [1.165, 1.54) is 0 Å². The Kier molecular flexibility index (Phi) is 2.53. The normalized spacial score (nSPS) is 11.0. The largest absolute Gasteiger partial charge is 0.253 e. The molecule has 0 bridgehead atoms. The standard InChI is InChI=1S/C9H13N3/c1-5-10-9-8(4)11-6(2)7(3)12-9/h5H,1-4H3. The average Bonchev–Trinajstić information content (AvgIpc) is 2.01. The zero-order chi connectivity index (χ0) is 9.14. The Hall–Kier alpha value is -1.25. The van der Waals surface area contributed by atoms with E-state index in [9.17, 15) is 0 Å². The van der Waals surface area contributed by atoms with E-state index >= 15 is 0 Å². The van der Waals surface area contributed by atoms with Crippen LogP contribution >= 0.6 is 0 Å². The first-order valence-corrected chi connectivity index (χ1v) is 3.95. The van der Waals surface area contributed by atoms with Crippen LogP contribution in [0.4, 0.5) is 5.82 Å². The Balaban J connectivity index is 3.23. The van der Waals surface area contributed by atoms with Gasteiger partial charge in [0.25, 0.3) is 0 Å². The molecule has 0 radical (unpaired) electrons. The van der Waals surface area contributed by atoms with Crippen LogP contribution in [-0.4, -0.2) is 16.2 Å². The second-order valence-electron chi connectivity index (χ2n) is 2.69. The Morgan fingerprint density at radius 1 is 1.00 bits per heavy atom. The first-order chi connectivity index (χ1) is 5.65. The number of nitrogens with zero attached hydrogens (tertiary/aromatic N) is 3. The van der Waals surface area contributed by atoms with Crippen LogP contribution in [0.5, 0.6) is 0 Å². The molecule has 64 valence electrons. The first-order valence-electron chi connectivity index (χ1n) is 3.95. The third-order valence-corrected chi connectivity index (χ3v) is 1.71. The molecule has 3 nitrogen and oxygen atoms in total.